The fraction of sp³-hybridized carbons (Fsp3) is 0.200. The van der Waals surface area contributed by atoms with Crippen LogP contribution in [0.5, 0.6) is 0 Å². The molecule has 0 aromatic heterocycles. The maximum atomic E-state index is 12.3. The Hall–Kier alpha value is -2.40. The molecule has 2 aromatic carbocycles. The van der Waals surface area contributed by atoms with Crippen LogP contribution in [0.4, 0.5) is 0 Å². The van der Waals surface area contributed by atoms with Gasteiger partial charge in [-0.3, -0.25) is 4.79 Å². The summed E-state index contributed by atoms with van der Waals surface area (Å²) in [5.74, 6) is -0.790. The van der Waals surface area contributed by atoms with Gasteiger partial charge in [-0.25, -0.2) is 4.79 Å². The Labute approximate surface area is 156 Å². The van der Waals surface area contributed by atoms with Crippen LogP contribution < -0.4 is 0 Å². The molecule has 0 saturated carbocycles. The van der Waals surface area contributed by atoms with Gasteiger partial charge in [0.1, 0.15) is 0 Å². The molecule has 0 aliphatic carbocycles. The lowest BCUT2D eigenvalue weighted by Gasteiger charge is -2.21. The van der Waals surface area contributed by atoms with Crippen LogP contribution in [0, 0.1) is 0 Å². The Morgan fingerprint density at radius 1 is 1.16 bits per heavy atom. The molecule has 0 fully saturated rings. The van der Waals surface area contributed by atoms with Crippen molar-refractivity contribution in [2.75, 3.05) is 7.05 Å². The minimum atomic E-state index is -0.839. The molecule has 1 atom stereocenters. The maximum Gasteiger partial charge on any atom is 0.331 e. The summed E-state index contributed by atoms with van der Waals surface area (Å²) in [6, 6.07) is 17.2. The average Bonchev–Trinajstić information content (AvgIpc) is 2.60. The molecule has 2 rings (SSSR count). The number of carbonyl (C=O) groups is 2. The molecular formula is C20H20BrNO3. The van der Waals surface area contributed by atoms with Crippen molar-refractivity contribution in [1.29, 1.82) is 0 Å². The van der Waals surface area contributed by atoms with Gasteiger partial charge in [0.25, 0.3) is 5.91 Å². The number of carbonyl (C=O) groups excluding carboxylic acids is 2. The van der Waals surface area contributed by atoms with Crippen molar-refractivity contribution in [3.05, 3.63) is 76.3 Å². The Bertz CT molecular complexity index is 759. The van der Waals surface area contributed by atoms with Gasteiger partial charge in [0.2, 0.25) is 0 Å². The first kappa shape index (κ1) is 18.9. The number of likely N-dealkylation sites (N-methyl/N-ethyl adjacent to an activating group) is 1. The highest BCUT2D eigenvalue weighted by atomic mass is 79.9. The van der Waals surface area contributed by atoms with E-state index in [2.05, 4.69) is 15.9 Å². The molecule has 0 aliphatic heterocycles. The van der Waals surface area contributed by atoms with E-state index in [1.54, 1.807) is 24.9 Å². The zero-order valence-corrected chi connectivity index (χ0v) is 15.8. The highest BCUT2D eigenvalue weighted by molar-refractivity contribution is 9.10. The molecule has 0 bridgehead atoms. The van der Waals surface area contributed by atoms with Crippen LogP contribution in [0.25, 0.3) is 6.08 Å². The lowest BCUT2D eigenvalue weighted by Crippen LogP contribution is -2.36. The van der Waals surface area contributed by atoms with Gasteiger partial charge in [0.05, 0.1) is 0 Å². The van der Waals surface area contributed by atoms with Crippen LogP contribution in [0.1, 0.15) is 18.1 Å². The van der Waals surface area contributed by atoms with Gasteiger partial charge >= 0.3 is 5.97 Å². The van der Waals surface area contributed by atoms with E-state index in [1.165, 1.54) is 6.08 Å². The molecule has 0 heterocycles. The van der Waals surface area contributed by atoms with Crippen LogP contribution in [0.15, 0.2) is 65.1 Å². The van der Waals surface area contributed by atoms with Gasteiger partial charge in [-0.2, -0.15) is 0 Å². The minimum absolute atomic E-state index is 0.243. The van der Waals surface area contributed by atoms with E-state index in [4.69, 9.17) is 4.74 Å². The quantitative estimate of drug-likeness (QED) is 0.541. The van der Waals surface area contributed by atoms with Gasteiger partial charge in [0, 0.05) is 24.1 Å². The smallest absolute Gasteiger partial charge is 0.331 e. The number of halogens is 1. The number of amides is 1. The number of hydrogen-bond acceptors (Lipinski definition) is 3. The topological polar surface area (TPSA) is 46.6 Å². The fourth-order valence-corrected chi connectivity index (χ4v) is 2.70. The fourth-order valence-electron chi connectivity index (χ4n) is 2.28. The summed E-state index contributed by atoms with van der Waals surface area (Å²) in [6.07, 6.45) is 2.13. The molecule has 5 heteroatoms. The van der Waals surface area contributed by atoms with Crippen molar-refractivity contribution in [2.45, 2.75) is 19.6 Å². The Morgan fingerprint density at radius 3 is 2.56 bits per heavy atom. The minimum Gasteiger partial charge on any atom is -0.449 e. The molecule has 0 spiro atoms. The van der Waals surface area contributed by atoms with Crippen LogP contribution in [-0.2, 0) is 20.9 Å². The highest BCUT2D eigenvalue weighted by Gasteiger charge is 2.20. The van der Waals surface area contributed by atoms with E-state index in [9.17, 15) is 9.59 Å². The van der Waals surface area contributed by atoms with Gasteiger partial charge in [-0.1, -0.05) is 58.4 Å². The third-order valence-corrected chi connectivity index (χ3v) is 4.03. The van der Waals surface area contributed by atoms with Crippen molar-refractivity contribution in [1.82, 2.24) is 4.90 Å². The molecule has 0 saturated heterocycles. The average molecular weight is 402 g/mol. The van der Waals surface area contributed by atoms with Crippen molar-refractivity contribution in [2.24, 2.45) is 0 Å². The predicted molar refractivity (Wildman–Crippen MR) is 102 cm³/mol. The molecule has 4 nitrogen and oxygen atoms in total. The van der Waals surface area contributed by atoms with Gasteiger partial charge < -0.3 is 9.64 Å². The first-order valence-electron chi connectivity index (χ1n) is 7.89. The number of esters is 1. The van der Waals surface area contributed by atoms with Gasteiger partial charge in [-0.15, -0.1) is 0 Å². The lowest BCUT2D eigenvalue weighted by molar-refractivity contribution is -0.154. The van der Waals surface area contributed by atoms with E-state index >= 15 is 0 Å². The molecule has 0 radical (unpaired) electrons. The van der Waals surface area contributed by atoms with Crippen LogP contribution in [0.2, 0.25) is 0 Å². The van der Waals surface area contributed by atoms with E-state index in [-0.39, 0.29) is 5.91 Å². The Kier molecular flexibility index (Phi) is 6.95. The first-order valence-corrected chi connectivity index (χ1v) is 8.68. The number of benzene rings is 2. The van der Waals surface area contributed by atoms with E-state index < -0.39 is 12.1 Å². The van der Waals surface area contributed by atoms with E-state index in [0.29, 0.717) is 6.54 Å². The summed E-state index contributed by atoms with van der Waals surface area (Å²) in [6.45, 7) is 2.05. The Morgan fingerprint density at radius 2 is 1.88 bits per heavy atom. The lowest BCUT2D eigenvalue weighted by atomic mass is 10.2. The number of nitrogens with zero attached hydrogens (tertiary/aromatic N) is 1. The first-order chi connectivity index (χ1) is 12.0. The van der Waals surface area contributed by atoms with Crippen LogP contribution >= 0.6 is 15.9 Å². The zero-order valence-electron chi connectivity index (χ0n) is 14.2. The summed E-state index contributed by atoms with van der Waals surface area (Å²) in [5, 5.41) is 0. The summed E-state index contributed by atoms with van der Waals surface area (Å²) in [5.41, 5.74) is 1.89. The second kappa shape index (κ2) is 9.18. The zero-order chi connectivity index (χ0) is 18.2. The third kappa shape index (κ3) is 6.19. The largest absolute Gasteiger partial charge is 0.449 e. The molecule has 25 heavy (non-hydrogen) atoms. The van der Waals surface area contributed by atoms with Gasteiger partial charge in [-0.05, 0) is 36.3 Å². The second-order valence-corrected chi connectivity index (χ2v) is 6.56. The summed E-state index contributed by atoms with van der Waals surface area (Å²) in [7, 11) is 1.69. The van der Waals surface area contributed by atoms with E-state index in [0.717, 1.165) is 15.6 Å². The molecule has 2 aromatic rings. The summed E-state index contributed by atoms with van der Waals surface area (Å²) in [4.78, 5) is 25.8. The highest BCUT2D eigenvalue weighted by Crippen LogP contribution is 2.13. The van der Waals surface area contributed by atoms with E-state index in [1.807, 2.05) is 54.6 Å². The Balaban J connectivity index is 1.88. The van der Waals surface area contributed by atoms with Crippen molar-refractivity contribution in [3.8, 4) is 0 Å². The monoisotopic (exact) mass is 401 g/mol. The van der Waals surface area contributed by atoms with Crippen LogP contribution in [-0.4, -0.2) is 29.9 Å². The number of ether oxygens (including phenoxy) is 1. The number of rotatable bonds is 6. The molecule has 0 N–H and O–H groups in total. The van der Waals surface area contributed by atoms with Crippen LogP contribution in [0.3, 0.4) is 0 Å². The third-order valence-electron chi connectivity index (χ3n) is 3.54. The SMILES string of the molecule is C[C@@H](OC(=O)/C=C/c1cccc(Br)c1)C(=O)N(C)Cc1ccccc1. The van der Waals surface area contributed by atoms with Crippen molar-refractivity contribution >= 4 is 33.9 Å². The standard InChI is InChI=1S/C20H20BrNO3/c1-15(20(24)22(2)14-17-7-4-3-5-8-17)25-19(23)12-11-16-9-6-10-18(21)13-16/h3-13,15H,14H2,1-2H3/b12-11+/t15-/m1/s1. The summed E-state index contributed by atoms with van der Waals surface area (Å²) >= 11 is 3.37. The second-order valence-electron chi connectivity index (χ2n) is 5.65. The van der Waals surface area contributed by atoms with Gasteiger partial charge in [0.15, 0.2) is 6.10 Å². The molecule has 1 amide bonds. The normalized spacial score (nSPS) is 12.0. The molecular weight excluding hydrogens is 382 g/mol. The molecule has 130 valence electrons. The van der Waals surface area contributed by atoms with Crippen molar-refractivity contribution < 1.29 is 14.3 Å². The molecule has 0 aliphatic rings. The molecule has 0 unspecified atom stereocenters. The predicted octanol–water partition coefficient (Wildman–Crippen LogP) is 4.05. The summed E-state index contributed by atoms with van der Waals surface area (Å²) < 4.78 is 6.12. The maximum absolute atomic E-state index is 12.3. The number of hydrogen-bond donors (Lipinski definition) is 0. The van der Waals surface area contributed by atoms with Crippen molar-refractivity contribution in [3.63, 3.8) is 0 Å².